The summed E-state index contributed by atoms with van der Waals surface area (Å²) in [7, 11) is 0. The number of carbonyl (C=O) groups is 1. The van der Waals surface area contributed by atoms with E-state index < -0.39 is 12.5 Å². The SMILES string of the molecule is CCN(CC)c1ncc(Cl)c(C(=O)NCc2ccc(OC(F)F)cc2)n1. The summed E-state index contributed by atoms with van der Waals surface area (Å²) in [6.45, 7) is 2.64. The number of amides is 1. The Bertz CT molecular complexity index is 740. The van der Waals surface area contributed by atoms with Crippen LogP contribution in [0.15, 0.2) is 30.5 Å². The molecule has 0 bridgehead atoms. The average molecular weight is 385 g/mol. The van der Waals surface area contributed by atoms with E-state index in [1.54, 1.807) is 12.1 Å². The van der Waals surface area contributed by atoms with Gasteiger partial charge in [0.25, 0.3) is 5.91 Å². The van der Waals surface area contributed by atoms with Crippen molar-refractivity contribution in [2.45, 2.75) is 27.0 Å². The lowest BCUT2D eigenvalue weighted by Crippen LogP contribution is -2.28. The lowest BCUT2D eigenvalue weighted by molar-refractivity contribution is -0.0498. The second-order valence-electron chi connectivity index (χ2n) is 5.24. The molecule has 0 atom stereocenters. The third-order valence-corrected chi connectivity index (χ3v) is 3.87. The molecule has 1 aromatic carbocycles. The van der Waals surface area contributed by atoms with E-state index in [1.807, 2.05) is 18.7 Å². The molecule has 0 saturated heterocycles. The van der Waals surface area contributed by atoms with Gasteiger partial charge in [0, 0.05) is 19.6 Å². The first kappa shape index (κ1) is 19.8. The van der Waals surface area contributed by atoms with Gasteiger partial charge in [0.15, 0.2) is 5.69 Å². The normalized spacial score (nSPS) is 10.7. The Balaban J connectivity index is 2.04. The highest BCUT2D eigenvalue weighted by Crippen LogP contribution is 2.17. The van der Waals surface area contributed by atoms with Crippen LogP contribution in [-0.2, 0) is 6.54 Å². The third kappa shape index (κ3) is 5.26. The van der Waals surface area contributed by atoms with E-state index in [2.05, 4.69) is 20.0 Å². The second-order valence-corrected chi connectivity index (χ2v) is 5.65. The Morgan fingerprint density at radius 1 is 1.27 bits per heavy atom. The molecule has 0 fully saturated rings. The first-order valence-corrected chi connectivity index (χ1v) is 8.41. The summed E-state index contributed by atoms with van der Waals surface area (Å²) < 4.78 is 28.5. The van der Waals surface area contributed by atoms with E-state index in [0.29, 0.717) is 24.6 Å². The van der Waals surface area contributed by atoms with Crippen LogP contribution in [0.25, 0.3) is 0 Å². The molecule has 0 unspecified atom stereocenters. The molecule has 1 heterocycles. The van der Waals surface area contributed by atoms with Crippen LogP contribution >= 0.6 is 11.6 Å². The maximum absolute atomic E-state index is 12.4. The Labute approximate surface area is 155 Å². The predicted octanol–water partition coefficient (Wildman–Crippen LogP) is 3.51. The van der Waals surface area contributed by atoms with Gasteiger partial charge < -0.3 is 15.0 Å². The molecule has 0 spiro atoms. The van der Waals surface area contributed by atoms with Crippen molar-refractivity contribution in [1.82, 2.24) is 15.3 Å². The molecule has 0 aliphatic rings. The molecule has 0 aliphatic heterocycles. The molecule has 1 amide bonds. The first-order valence-electron chi connectivity index (χ1n) is 8.04. The van der Waals surface area contributed by atoms with Gasteiger partial charge in [-0.25, -0.2) is 9.97 Å². The highest BCUT2D eigenvalue weighted by Gasteiger charge is 2.16. The molecule has 140 valence electrons. The fourth-order valence-corrected chi connectivity index (χ4v) is 2.41. The summed E-state index contributed by atoms with van der Waals surface area (Å²) in [6, 6.07) is 5.98. The highest BCUT2D eigenvalue weighted by molar-refractivity contribution is 6.33. The van der Waals surface area contributed by atoms with E-state index in [-0.39, 0.29) is 23.0 Å². The summed E-state index contributed by atoms with van der Waals surface area (Å²) in [5.74, 6) is 0.0366. The molecule has 0 aliphatic carbocycles. The molecule has 2 aromatic rings. The number of anilines is 1. The van der Waals surface area contributed by atoms with Gasteiger partial charge in [0.1, 0.15) is 5.75 Å². The number of ether oxygens (including phenoxy) is 1. The minimum Gasteiger partial charge on any atom is -0.435 e. The molecule has 0 radical (unpaired) electrons. The average Bonchev–Trinajstić information content (AvgIpc) is 2.62. The summed E-state index contributed by atoms with van der Waals surface area (Å²) in [4.78, 5) is 22.7. The van der Waals surface area contributed by atoms with Crippen molar-refractivity contribution in [3.05, 3.63) is 46.7 Å². The van der Waals surface area contributed by atoms with Crippen molar-refractivity contribution in [2.24, 2.45) is 0 Å². The summed E-state index contributed by atoms with van der Waals surface area (Å²) in [6.07, 6.45) is 1.40. The first-order chi connectivity index (χ1) is 12.4. The van der Waals surface area contributed by atoms with Gasteiger partial charge in [-0.1, -0.05) is 23.7 Å². The minimum atomic E-state index is -2.87. The lowest BCUT2D eigenvalue weighted by atomic mass is 10.2. The van der Waals surface area contributed by atoms with Gasteiger partial charge in [0.2, 0.25) is 5.95 Å². The van der Waals surface area contributed by atoms with Crippen LogP contribution in [-0.4, -0.2) is 35.6 Å². The number of rotatable bonds is 8. The number of hydrogen-bond donors (Lipinski definition) is 1. The standard InChI is InChI=1S/C17H19ClF2N4O2/c1-3-24(4-2)17-22-10-13(18)14(23-17)15(25)21-9-11-5-7-12(8-6-11)26-16(19)20/h5-8,10,16H,3-4,9H2,1-2H3,(H,21,25). The zero-order valence-electron chi connectivity index (χ0n) is 14.4. The number of aromatic nitrogens is 2. The third-order valence-electron chi connectivity index (χ3n) is 3.59. The molecule has 0 saturated carbocycles. The molecule has 1 N–H and O–H groups in total. The smallest absolute Gasteiger partial charge is 0.387 e. The van der Waals surface area contributed by atoms with Gasteiger partial charge in [-0.15, -0.1) is 0 Å². The quantitative estimate of drug-likeness (QED) is 0.754. The highest BCUT2D eigenvalue weighted by atomic mass is 35.5. The maximum Gasteiger partial charge on any atom is 0.387 e. The number of nitrogens with zero attached hydrogens (tertiary/aromatic N) is 3. The number of benzene rings is 1. The number of carbonyl (C=O) groups excluding carboxylic acids is 1. The molecule has 6 nitrogen and oxygen atoms in total. The van der Waals surface area contributed by atoms with E-state index in [9.17, 15) is 13.6 Å². The van der Waals surface area contributed by atoms with E-state index in [0.717, 1.165) is 0 Å². The molecule has 26 heavy (non-hydrogen) atoms. The Morgan fingerprint density at radius 2 is 1.92 bits per heavy atom. The van der Waals surface area contributed by atoms with Crippen LogP contribution < -0.4 is 15.0 Å². The summed E-state index contributed by atoms with van der Waals surface area (Å²) in [5, 5.41) is 2.85. The monoisotopic (exact) mass is 384 g/mol. The van der Waals surface area contributed by atoms with E-state index in [4.69, 9.17) is 11.6 Å². The van der Waals surface area contributed by atoms with Crippen molar-refractivity contribution in [2.75, 3.05) is 18.0 Å². The Hall–Kier alpha value is -2.48. The molecular weight excluding hydrogens is 366 g/mol. The van der Waals surface area contributed by atoms with Crippen LogP contribution in [0.1, 0.15) is 29.9 Å². The van der Waals surface area contributed by atoms with Crippen molar-refractivity contribution >= 4 is 23.5 Å². The Morgan fingerprint density at radius 3 is 2.50 bits per heavy atom. The topological polar surface area (TPSA) is 67.4 Å². The number of alkyl halides is 2. The van der Waals surface area contributed by atoms with Crippen molar-refractivity contribution in [3.63, 3.8) is 0 Å². The fraction of sp³-hybridized carbons (Fsp3) is 0.353. The van der Waals surface area contributed by atoms with Gasteiger partial charge in [-0.2, -0.15) is 8.78 Å². The predicted molar refractivity (Wildman–Crippen MR) is 94.8 cm³/mol. The summed E-state index contributed by atoms with van der Waals surface area (Å²) >= 11 is 6.04. The molecule has 9 heteroatoms. The van der Waals surface area contributed by atoms with Crippen LogP contribution in [0.5, 0.6) is 5.75 Å². The molecule has 2 rings (SSSR count). The van der Waals surface area contributed by atoms with Crippen molar-refractivity contribution < 1.29 is 18.3 Å². The van der Waals surface area contributed by atoms with Crippen LogP contribution in [0.3, 0.4) is 0 Å². The van der Waals surface area contributed by atoms with Crippen LogP contribution in [0.4, 0.5) is 14.7 Å². The number of hydrogen-bond acceptors (Lipinski definition) is 5. The second kappa shape index (κ2) is 9.28. The number of nitrogens with one attached hydrogen (secondary N) is 1. The maximum atomic E-state index is 12.4. The van der Waals surface area contributed by atoms with Gasteiger partial charge in [0.05, 0.1) is 11.2 Å². The van der Waals surface area contributed by atoms with Gasteiger partial charge in [-0.05, 0) is 31.5 Å². The summed E-state index contributed by atoms with van der Waals surface area (Å²) in [5.41, 5.74) is 0.801. The van der Waals surface area contributed by atoms with Gasteiger partial charge in [-0.3, -0.25) is 4.79 Å². The minimum absolute atomic E-state index is 0.0535. The van der Waals surface area contributed by atoms with Gasteiger partial charge >= 0.3 is 6.61 Å². The fourth-order valence-electron chi connectivity index (χ4n) is 2.23. The Kier molecular flexibility index (Phi) is 7.08. The number of halogens is 3. The van der Waals surface area contributed by atoms with E-state index >= 15 is 0 Å². The largest absolute Gasteiger partial charge is 0.435 e. The molecule has 1 aromatic heterocycles. The van der Waals surface area contributed by atoms with Crippen LogP contribution in [0, 0.1) is 0 Å². The zero-order chi connectivity index (χ0) is 19.1. The lowest BCUT2D eigenvalue weighted by Gasteiger charge is -2.19. The van der Waals surface area contributed by atoms with Crippen molar-refractivity contribution in [1.29, 1.82) is 0 Å². The van der Waals surface area contributed by atoms with E-state index in [1.165, 1.54) is 18.3 Å². The molecular formula is C17H19ClF2N4O2. The van der Waals surface area contributed by atoms with Crippen molar-refractivity contribution in [3.8, 4) is 5.75 Å². The zero-order valence-corrected chi connectivity index (χ0v) is 15.1. The van der Waals surface area contributed by atoms with Crippen LogP contribution in [0.2, 0.25) is 5.02 Å².